The molecule has 0 N–H and O–H groups in total. The molecule has 4 heteroatoms. The van der Waals surface area contributed by atoms with Crippen LogP contribution in [-0.2, 0) is 0 Å². The standard InChI is InChI=1S/C51H33N3O/c1-5-16-35(17-6-1)44-33-45(54-51(53-44)39-22-11-4-12-23-39)36-30-28-34(29-31-36)40-24-15-25-41(32-40)48-50-47(42-26-13-14-27-43(42)52-48)46(37-18-7-2-8-19-37)49(55-50)38-20-9-3-10-21-38/h1-33H. The molecule has 3 heterocycles. The Kier molecular flexibility index (Phi) is 8.12. The number of hydrogen-bond acceptors (Lipinski definition) is 4. The molecule has 0 amide bonds. The zero-order valence-corrected chi connectivity index (χ0v) is 29.8. The lowest BCUT2D eigenvalue weighted by Gasteiger charge is -2.11. The Morgan fingerprint density at radius 2 is 0.855 bits per heavy atom. The molecule has 258 valence electrons. The first kappa shape index (κ1) is 32.2. The molecule has 10 rings (SSSR count). The van der Waals surface area contributed by atoms with Gasteiger partial charge in [-0.15, -0.1) is 0 Å². The topological polar surface area (TPSA) is 51.8 Å². The third-order valence-corrected chi connectivity index (χ3v) is 10.1. The highest BCUT2D eigenvalue weighted by Crippen LogP contribution is 2.46. The second kappa shape index (κ2) is 13.8. The first-order valence-corrected chi connectivity index (χ1v) is 18.4. The van der Waals surface area contributed by atoms with Crippen molar-refractivity contribution in [2.75, 3.05) is 0 Å². The minimum absolute atomic E-state index is 0.701. The Balaban J connectivity index is 1.09. The summed E-state index contributed by atoms with van der Waals surface area (Å²) in [6.07, 6.45) is 0. The lowest BCUT2D eigenvalue weighted by atomic mass is 9.95. The largest absolute Gasteiger partial charge is 0.453 e. The lowest BCUT2D eigenvalue weighted by molar-refractivity contribution is 0.632. The first-order chi connectivity index (χ1) is 27.3. The van der Waals surface area contributed by atoms with E-state index in [1.807, 2.05) is 48.5 Å². The molecule has 0 aliphatic rings. The van der Waals surface area contributed by atoms with Crippen LogP contribution in [0.3, 0.4) is 0 Å². The normalized spacial score (nSPS) is 11.3. The highest BCUT2D eigenvalue weighted by atomic mass is 16.3. The molecule has 0 aliphatic carbocycles. The van der Waals surface area contributed by atoms with Crippen molar-refractivity contribution in [2.24, 2.45) is 0 Å². The maximum atomic E-state index is 6.95. The van der Waals surface area contributed by atoms with Crippen LogP contribution in [0.1, 0.15) is 0 Å². The number of aromatic nitrogens is 3. The van der Waals surface area contributed by atoms with Crippen LogP contribution in [0.2, 0.25) is 0 Å². The number of hydrogen-bond donors (Lipinski definition) is 0. The van der Waals surface area contributed by atoms with E-state index in [2.05, 4.69) is 152 Å². The number of pyridine rings is 1. The molecule has 55 heavy (non-hydrogen) atoms. The number of fused-ring (bicyclic) bond motifs is 3. The minimum atomic E-state index is 0.701. The molecule has 0 saturated heterocycles. The van der Waals surface area contributed by atoms with Crippen LogP contribution < -0.4 is 0 Å². The Labute approximate surface area is 319 Å². The van der Waals surface area contributed by atoms with Gasteiger partial charge in [-0.05, 0) is 34.9 Å². The molecule has 10 aromatic rings. The van der Waals surface area contributed by atoms with Gasteiger partial charge < -0.3 is 4.42 Å². The van der Waals surface area contributed by atoms with Gasteiger partial charge in [0, 0.05) is 44.2 Å². The summed E-state index contributed by atoms with van der Waals surface area (Å²) in [5.41, 5.74) is 13.7. The smallest absolute Gasteiger partial charge is 0.162 e. The molecular weight excluding hydrogens is 671 g/mol. The van der Waals surface area contributed by atoms with E-state index in [4.69, 9.17) is 19.4 Å². The quantitative estimate of drug-likeness (QED) is 0.166. The Hall–Kier alpha value is -7.43. The number of furan rings is 1. The summed E-state index contributed by atoms with van der Waals surface area (Å²) < 4.78 is 6.95. The summed E-state index contributed by atoms with van der Waals surface area (Å²) in [6.45, 7) is 0. The van der Waals surface area contributed by atoms with Gasteiger partial charge in [0.05, 0.1) is 16.9 Å². The van der Waals surface area contributed by atoms with Gasteiger partial charge in [0.25, 0.3) is 0 Å². The van der Waals surface area contributed by atoms with E-state index in [0.717, 1.165) is 94.8 Å². The van der Waals surface area contributed by atoms with Crippen LogP contribution >= 0.6 is 0 Å². The van der Waals surface area contributed by atoms with Crippen LogP contribution in [0, 0.1) is 0 Å². The van der Waals surface area contributed by atoms with Crippen LogP contribution in [0.4, 0.5) is 0 Å². The summed E-state index contributed by atoms with van der Waals surface area (Å²) in [7, 11) is 0. The molecular formula is C51H33N3O. The van der Waals surface area contributed by atoms with Crippen LogP contribution in [0.15, 0.2) is 205 Å². The maximum absolute atomic E-state index is 6.95. The monoisotopic (exact) mass is 703 g/mol. The maximum Gasteiger partial charge on any atom is 0.162 e. The van der Waals surface area contributed by atoms with Gasteiger partial charge in [0.1, 0.15) is 11.5 Å². The van der Waals surface area contributed by atoms with Crippen molar-refractivity contribution in [2.45, 2.75) is 0 Å². The fraction of sp³-hybridized carbons (Fsp3) is 0. The van der Waals surface area contributed by atoms with Crippen molar-refractivity contribution in [1.82, 2.24) is 15.0 Å². The molecule has 0 atom stereocenters. The number of benzene rings is 7. The molecule has 0 spiro atoms. The van der Waals surface area contributed by atoms with Gasteiger partial charge in [-0.1, -0.05) is 182 Å². The van der Waals surface area contributed by atoms with Gasteiger partial charge in [-0.2, -0.15) is 0 Å². The molecule has 0 fully saturated rings. The van der Waals surface area contributed by atoms with E-state index in [-0.39, 0.29) is 0 Å². The molecule has 0 saturated carbocycles. The number of nitrogens with zero attached hydrogens (tertiary/aromatic N) is 3. The molecule has 4 nitrogen and oxygen atoms in total. The van der Waals surface area contributed by atoms with Gasteiger partial charge in [-0.25, -0.2) is 15.0 Å². The fourth-order valence-electron chi connectivity index (χ4n) is 7.43. The van der Waals surface area contributed by atoms with Crippen LogP contribution in [-0.4, -0.2) is 15.0 Å². The third kappa shape index (κ3) is 6.06. The van der Waals surface area contributed by atoms with E-state index in [1.54, 1.807) is 0 Å². The SMILES string of the molecule is c1ccc(-c2cc(-c3ccc(-c4cccc(-c5nc6ccccc6c6c(-c7ccccc7)c(-c7ccccc7)oc56)c4)cc3)nc(-c3ccccc3)n2)cc1. The minimum Gasteiger partial charge on any atom is -0.453 e. The Morgan fingerprint density at radius 1 is 0.345 bits per heavy atom. The summed E-state index contributed by atoms with van der Waals surface area (Å²) in [5.74, 6) is 1.54. The van der Waals surface area contributed by atoms with E-state index < -0.39 is 0 Å². The van der Waals surface area contributed by atoms with Crippen LogP contribution in [0.25, 0.3) is 101 Å². The van der Waals surface area contributed by atoms with Crippen LogP contribution in [0.5, 0.6) is 0 Å². The molecule has 0 radical (unpaired) electrons. The zero-order chi connectivity index (χ0) is 36.6. The van der Waals surface area contributed by atoms with Gasteiger partial charge in [0.15, 0.2) is 11.4 Å². The van der Waals surface area contributed by atoms with E-state index >= 15 is 0 Å². The highest BCUT2D eigenvalue weighted by molar-refractivity contribution is 6.18. The highest BCUT2D eigenvalue weighted by Gasteiger charge is 2.24. The van der Waals surface area contributed by atoms with Crippen molar-refractivity contribution in [3.05, 3.63) is 200 Å². The van der Waals surface area contributed by atoms with Gasteiger partial charge in [0.2, 0.25) is 0 Å². The molecule has 0 bridgehead atoms. The fourth-order valence-corrected chi connectivity index (χ4v) is 7.43. The number of rotatable bonds is 7. The summed E-state index contributed by atoms with van der Waals surface area (Å²) in [4.78, 5) is 15.3. The second-order valence-electron chi connectivity index (χ2n) is 13.6. The first-order valence-electron chi connectivity index (χ1n) is 18.4. The van der Waals surface area contributed by atoms with Crippen molar-refractivity contribution in [3.8, 4) is 78.7 Å². The van der Waals surface area contributed by atoms with Crippen molar-refractivity contribution >= 4 is 21.9 Å². The van der Waals surface area contributed by atoms with E-state index in [1.165, 1.54) is 0 Å². The Bertz CT molecular complexity index is 2880. The summed E-state index contributed by atoms with van der Waals surface area (Å²) in [6, 6.07) is 68.9. The van der Waals surface area contributed by atoms with Crippen molar-refractivity contribution < 1.29 is 4.42 Å². The van der Waals surface area contributed by atoms with Crippen molar-refractivity contribution in [1.29, 1.82) is 0 Å². The predicted molar refractivity (Wildman–Crippen MR) is 225 cm³/mol. The number of para-hydroxylation sites is 1. The molecule has 3 aromatic heterocycles. The second-order valence-corrected chi connectivity index (χ2v) is 13.6. The van der Waals surface area contributed by atoms with E-state index in [9.17, 15) is 0 Å². The predicted octanol–water partition coefficient (Wildman–Crippen LogP) is 13.4. The average Bonchev–Trinajstić information content (AvgIpc) is 3.69. The average molecular weight is 704 g/mol. The molecule has 7 aromatic carbocycles. The van der Waals surface area contributed by atoms with Gasteiger partial charge in [-0.3, -0.25) is 0 Å². The van der Waals surface area contributed by atoms with E-state index in [0.29, 0.717) is 5.82 Å². The van der Waals surface area contributed by atoms with Gasteiger partial charge >= 0.3 is 0 Å². The summed E-state index contributed by atoms with van der Waals surface area (Å²) in [5, 5.41) is 2.13. The zero-order valence-electron chi connectivity index (χ0n) is 29.8. The lowest BCUT2D eigenvalue weighted by Crippen LogP contribution is -1.95. The third-order valence-electron chi connectivity index (χ3n) is 10.1. The summed E-state index contributed by atoms with van der Waals surface area (Å²) >= 11 is 0. The Morgan fingerprint density at radius 3 is 1.53 bits per heavy atom. The van der Waals surface area contributed by atoms with Crippen molar-refractivity contribution in [3.63, 3.8) is 0 Å². The molecule has 0 unspecified atom stereocenters. The molecule has 0 aliphatic heterocycles.